The molecule has 0 amide bonds. The zero-order valence-electron chi connectivity index (χ0n) is 16.7. The molecule has 3 heterocycles. The average molecular weight is 383 g/mol. The van der Waals surface area contributed by atoms with E-state index in [1.165, 1.54) is 21.9 Å². The molecule has 1 saturated heterocycles. The Morgan fingerprint density at radius 2 is 1.62 bits per heavy atom. The number of dihydropyridines is 1. The lowest BCUT2D eigenvalue weighted by molar-refractivity contribution is 0.502. The third-order valence-electron chi connectivity index (χ3n) is 6.18. The minimum atomic E-state index is 0.644. The number of nitrogens with zero attached hydrogens (tertiary/aromatic N) is 4. The summed E-state index contributed by atoms with van der Waals surface area (Å²) >= 11 is 0. The maximum Gasteiger partial charge on any atom is 0.159 e. The number of aliphatic imine (C=N–C) groups is 1. The number of benzene rings is 2. The van der Waals surface area contributed by atoms with E-state index in [1.807, 2.05) is 6.21 Å². The third kappa shape index (κ3) is 3.80. The van der Waals surface area contributed by atoms with E-state index in [0.29, 0.717) is 5.92 Å². The normalized spacial score (nSPS) is 17.5. The molecule has 1 aromatic heterocycles. The van der Waals surface area contributed by atoms with Crippen LogP contribution in [0.2, 0.25) is 0 Å². The van der Waals surface area contributed by atoms with Crippen molar-refractivity contribution in [1.29, 1.82) is 0 Å². The molecule has 2 aliphatic rings. The predicted molar refractivity (Wildman–Crippen MR) is 120 cm³/mol. The van der Waals surface area contributed by atoms with Crippen molar-refractivity contribution in [2.24, 2.45) is 4.99 Å². The molecule has 146 valence electrons. The van der Waals surface area contributed by atoms with Gasteiger partial charge in [-0.05, 0) is 36.8 Å². The van der Waals surface area contributed by atoms with Gasteiger partial charge in [0.25, 0.3) is 0 Å². The van der Waals surface area contributed by atoms with E-state index in [2.05, 4.69) is 75.7 Å². The van der Waals surface area contributed by atoms with Crippen molar-refractivity contribution in [3.05, 3.63) is 77.5 Å². The molecule has 0 spiro atoms. The van der Waals surface area contributed by atoms with Gasteiger partial charge in [0.05, 0.1) is 5.69 Å². The Kier molecular flexibility index (Phi) is 5.08. The van der Waals surface area contributed by atoms with E-state index in [0.717, 1.165) is 56.8 Å². The van der Waals surface area contributed by atoms with Crippen molar-refractivity contribution >= 4 is 22.8 Å². The molecule has 5 rings (SSSR count). The highest BCUT2D eigenvalue weighted by molar-refractivity contribution is 5.93. The Labute approximate surface area is 172 Å². The van der Waals surface area contributed by atoms with Crippen LogP contribution in [0.25, 0.3) is 10.8 Å². The first-order valence-electron chi connectivity index (χ1n) is 10.6. The van der Waals surface area contributed by atoms with Gasteiger partial charge in [-0.1, -0.05) is 60.2 Å². The van der Waals surface area contributed by atoms with E-state index in [-0.39, 0.29) is 0 Å². The van der Waals surface area contributed by atoms with Crippen LogP contribution in [0.5, 0.6) is 0 Å². The maximum atomic E-state index is 4.71. The topological polar surface area (TPSA) is 41.4 Å². The minimum Gasteiger partial charge on any atom is -0.355 e. The van der Waals surface area contributed by atoms with E-state index in [9.17, 15) is 0 Å². The molecule has 0 bridgehead atoms. The zero-order valence-corrected chi connectivity index (χ0v) is 16.7. The van der Waals surface area contributed by atoms with Gasteiger partial charge in [-0.3, -0.25) is 4.99 Å². The highest BCUT2D eigenvalue weighted by Gasteiger charge is 2.23. The van der Waals surface area contributed by atoms with Gasteiger partial charge in [-0.25, -0.2) is 0 Å². The zero-order chi connectivity index (χ0) is 19.5. The van der Waals surface area contributed by atoms with E-state index >= 15 is 0 Å². The molecule has 29 heavy (non-hydrogen) atoms. The molecular formula is C25H26N4. The van der Waals surface area contributed by atoms with Crippen LogP contribution in [0.3, 0.4) is 0 Å². The van der Waals surface area contributed by atoms with Crippen LogP contribution in [0.1, 0.15) is 36.4 Å². The molecule has 0 unspecified atom stereocenters. The third-order valence-corrected chi connectivity index (χ3v) is 6.18. The maximum absolute atomic E-state index is 4.71. The summed E-state index contributed by atoms with van der Waals surface area (Å²) in [6.45, 7) is 2.93. The largest absolute Gasteiger partial charge is 0.355 e. The van der Waals surface area contributed by atoms with Crippen molar-refractivity contribution in [2.45, 2.75) is 31.6 Å². The quantitative estimate of drug-likeness (QED) is 0.641. The Morgan fingerprint density at radius 1 is 0.862 bits per heavy atom. The smallest absolute Gasteiger partial charge is 0.159 e. The lowest BCUT2D eigenvalue weighted by Gasteiger charge is -2.33. The van der Waals surface area contributed by atoms with Gasteiger partial charge in [0.15, 0.2) is 5.82 Å². The van der Waals surface area contributed by atoms with Gasteiger partial charge in [-0.15, -0.1) is 5.10 Å². The molecule has 1 fully saturated rings. The summed E-state index contributed by atoms with van der Waals surface area (Å²) in [6.07, 6.45) is 8.24. The number of rotatable bonds is 4. The second-order valence-corrected chi connectivity index (χ2v) is 7.99. The highest BCUT2D eigenvalue weighted by Crippen LogP contribution is 2.33. The molecule has 3 aromatic rings. The summed E-state index contributed by atoms with van der Waals surface area (Å²) < 4.78 is 0. The van der Waals surface area contributed by atoms with E-state index < -0.39 is 0 Å². The summed E-state index contributed by atoms with van der Waals surface area (Å²) in [7, 11) is 0. The van der Waals surface area contributed by atoms with Crippen LogP contribution in [0.4, 0.5) is 5.82 Å². The number of aromatic nitrogens is 2. The molecule has 0 radical (unpaired) electrons. The van der Waals surface area contributed by atoms with Gasteiger partial charge >= 0.3 is 0 Å². The van der Waals surface area contributed by atoms with Crippen molar-refractivity contribution < 1.29 is 0 Å². The fourth-order valence-electron chi connectivity index (χ4n) is 4.55. The van der Waals surface area contributed by atoms with Crippen LogP contribution in [-0.2, 0) is 6.42 Å². The van der Waals surface area contributed by atoms with Crippen molar-refractivity contribution in [3.8, 4) is 0 Å². The van der Waals surface area contributed by atoms with Gasteiger partial charge in [0.1, 0.15) is 0 Å². The SMILES string of the molecule is C1=NCCC(Cc2nnc(N3CCC(c4ccccc4)CC3)c3ccccc23)=C1. The lowest BCUT2D eigenvalue weighted by atomic mass is 9.89. The van der Waals surface area contributed by atoms with Crippen LogP contribution in [-0.4, -0.2) is 36.0 Å². The number of anilines is 1. The van der Waals surface area contributed by atoms with Gasteiger partial charge < -0.3 is 4.90 Å². The first kappa shape index (κ1) is 18.0. The predicted octanol–water partition coefficient (Wildman–Crippen LogP) is 4.96. The molecule has 2 aromatic carbocycles. The second-order valence-electron chi connectivity index (χ2n) is 7.99. The Balaban J connectivity index is 1.39. The Hall–Kier alpha value is -3.01. The summed E-state index contributed by atoms with van der Waals surface area (Å²) in [5.74, 6) is 1.68. The molecule has 0 N–H and O–H groups in total. The number of hydrogen-bond donors (Lipinski definition) is 0. The summed E-state index contributed by atoms with van der Waals surface area (Å²) in [6, 6.07) is 19.5. The molecule has 0 saturated carbocycles. The standard InChI is InChI=1S/C25H26N4/c1-2-6-20(7-3-1)21-12-16-29(17-13-21)25-23-9-5-4-8-22(23)24(27-28-25)18-19-10-14-26-15-11-19/h1-10,14,21H,11-13,15-18H2. The Bertz CT molecular complexity index is 1050. The summed E-state index contributed by atoms with van der Waals surface area (Å²) in [5, 5.41) is 11.8. The molecule has 4 heteroatoms. The number of allylic oxidation sites excluding steroid dienone is 1. The Morgan fingerprint density at radius 3 is 2.38 bits per heavy atom. The van der Waals surface area contributed by atoms with E-state index in [4.69, 9.17) is 5.10 Å². The second kappa shape index (κ2) is 8.16. The first-order valence-corrected chi connectivity index (χ1v) is 10.6. The molecule has 0 atom stereocenters. The minimum absolute atomic E-state index is 0.644. The van der Waals surface area contributed by atoms with Crippen LogP contribution < -0.4 is 4.90 Å². The molecule has 4 nitrogen and oxygen atoms in total. The lowest BCUT2D eigenvalue weighted by Crippen LogP contribution is -2.34. The van der Waals surface area contributed by atoms with Crippen LogP contribution in [0.15, 0.2) is 71.2 Å². The number of piperidine rings is 1. The monoisotopic (exact) mass is 382 g/mol. The van der Waals surface area contributed by atoms with E-state index in [1.54, 1.807) is 0 Å². The van der Waals surface area contributed by atoms with Gasteiger partial charge in [0, 0.05) is 43.0 Å². The molecular weight excluding hydrogens is 356 g/mol. The average Bonchev–Trinajstić information content (AvgIpc) is 2.81. The summed E-state index contributed by atoms with van der Waals surface area (Å²) in [5.41, 5.74) is 3.92. The van der Waals surface area contributed by atoms with Crippen molar-refractivity contribution in [3.63, 3.8) is 0 Å². The first-order chi connectivity index (χ1) is 14.4. The fourth-order valence-corrected chi connectivity index (χ4v) is 4.55. The van der Waals surface area contributed by atoms with Crippen molar-refractivity contribution in [1.82, 2.24) is 10.2 Å². The van der Waals surface area contributed by atoms with Crippen LogP contribution in [0, 0.1) is 0 Å². The number of fused-ring (bicyclic) bond motifs is 1. The number of hydrogen-bond acceptors (Lipinski definition) is 4. The highest BCUT2D eigenvalue weighted by atomic mass is 15.3. The van der Waals surface area contributed by atoms with Crippen LogP contribution >= 0.6 is 0 Å². The van der Waals surface area contributed by atoms with Crippen molar-refractivity contribution in [2.75, 3.05) is 24.5 Å². The molecule has 0 aliphatic carbocycles. The summed E-state index contributed by atoms with van der Waals surface area (Å²) in [4.78, 5) is 6.71. The van der Waals surface area contributed by atoms with Gasteiger partial charge in [0.2, 0.25) is 0 Å². The molecule has 2 aliphatic heterocycles. The van der Waals surface area contributed by atoms with Gasteiger partial charge in [-0.2, -0.15) is 5.10 Å². The fraction of sp³-hybridized carbons (Fsp3) is 0.320.